The molecule has 0 spiro atoms. The number of ether oxygens (including phenoxy) is 1. The molecular formula is C18H25NO6S. The van der Waals surface area contributed by atoms with E-state index in [9.17, 15) is 23.1 Å². The van der Waals surface area contributed by atoms with Crippen LogP contribution in [0.5, 0.6) is 5.75 Å². The van der Waals surface area contributed by atoms with Crippen LogP contribution in [0.3, 0.4) is 0 Å². The summed E-state index contributed by atoms with van der Waals surface area (Å²) in [5.41, 5.74) is -1.33. The smallest absolute Gasteiger partial charge is 0.329 e. The van der Waals surface area contributed by atoms with Crippen molar-refractivity contribution in [1.29, 1.82) is 0 Å². The molecule has 1 aliphatic rings. The first kappa shape index (κ1) is 20.2. The number of rotatable bonds is 6. The molecule has 26 heavy (non-hydrogen) atoms. The molecule has 1 saturated carbocycles. The maximum Gasteiger partial charge on any atom is 0.329 e. The summed E-state index contributed by atoms with van der Waals surface area (Å²) in [6.07, 6.45) is 4.17. The Hall–Kier alpha value is -2.09. The van der Waals surface area contributed by atoms with E-state index in [4.69, 9.17) is 4.74 Å². The van der Waals surface area contributed by atoms with E-state index in [1.54, 1.807) is 0 Å². The molecule has 0 saturated heterocycles. The van der Waals surface area contributed by atoms with Crippen molar-refractivity contribution in [2.75, 3.05) is 13.4 Å². The summed E-state index contributed by atoms with van der Waals surface area (Å²) in [6.45, 7) is 2.07. The van der Waals surface area contributed by atoms with Crippen LogP contribution >= 0.6 is 0 Å². The quantitative estimate of drug-likeness (QED) is 0.780. The van der Waals surface area contributed by atoms with Crippen molar-refractivity contribution in [2.45, 2.75) is 49.5 Å². The molecule has 0 heterocycles. The van der Waals surface area contributed by atoms with Crippen LogP contribution in [0.25, 0.3) is 0 Å². The fourth-order valence-electron chi connectivity index (χ4n) is 3.35. The summed E-state index contributed by atoms with van der Waals surface area (Å²) in [5.74, 6) is -1.07. The minimum atomic E-state index is -3.51. The van der Waals surface area contributed by atoms with E-state index in [-0.39, 0.29) is 16.2 Å². The molecular weight excluding hydrogens is 358 g/mol. The van der Waals surface area contributed by atoms with E-state index < -0.39 is 27.3 Å². The zero-order valence-electron chi connectivity index (χ0n) is 15.2. The number of amides is 1. The largest absolute Gasteiger partial charge is 0.496 e. The van der Waals surface area contributed by atoms with Crippen molar-refractivity contribution in [3.63, 3.8) is 0 Å². The minimum Gasteiger partial charge on any atom is -0.496 e. The molecule has 1 amide bonds. The maximum atomic E-state index is 12.8. The van der Waals surface area contributed by atoms with Gasteiger partial charge in [-0.25, -0.2) is 13.2 Å². The van der Waals surface area contributed by atoms with Crippen LogP contribution in [0, 0.1) is 5.92 Å². The van der Waals surface area contributed by atoms with Gasteiger partial charge in [0.2, 0.25) is 0 Å². The molecule has 0 atom stereocenters. The molecule has 0 aliphatic heterocycles. The van der Waals surface area contributed by atoms with Crippen LogP contribution < -0.4 is 10.1 Å². The van der Waals surface area contributed by atoms with Gasteiger partial charge in [-0.05, 0) is 49.8 Å². The number of carbonyl (C=O) groups excluding carboxylic acids is 1. The van der Waals surface area contributed by atoms with Gasteiger partial charge in [0.15, 0.2) is 9.84 Å². The third-order valence-electron chi connectivity index (χ3n) is 5.14. The Morgan fingerprint density at radius 1 is 1.31 bits per heavy atom. The number of hydrogen-bond donors (Lipinski definition) is 2. The Morgan fingerprint density at radius 3 is 2.38 bits per heavy atom. The molecule has 1 aromatic carbocycles. The molecule has 7 nitrogen and oxygen atoms in total. The molecule has 2 rings (SSSR count). The van der Waals surface area contributed by atoms with E-state index in [2.05, 4.69) is 12.2 Å². The first-order chi connectivity index (χ1) is 12.1. The van der Waals surface area contributed by atoms with Gasteiger partial charge in [0.25, 0.3) is 5.91 Å². The highest BCUT2D eigenvalue weighted by molar-refractivity contribution is 7.90. The Balaban J connectivity index is 2.34. The van der Waals surface area contributed by atoms with Crippen LogP contribution in [0.4, 0.5) is 0 Å². The van der Waals surface area contributed by atoms with Gasteiger partial charge in [0.1, 0.15) is 11.3 Å². The second-order valence-corrected chi connectivity index (χ2v) is 8.84. The average molecular weight is 383 g/mol. The lowest BCUT2D eigenvalue weighted by molar-refractivity contribution is -0.146. The zero-order valence-corrected chi connectivity index (χ0v) is 16.1. The first-order valence-electron chi connectivity index (χ1n) is 8.57. The van der Waals surface area contributed by atoms with Crippen molar-refractivity contribution < 1.29 is 27.9 Å². The maximum absolute atomic E-state index is 12.8. The highest BCUT2D eigenvalue weighted by atomic mass is 32.2. The van der Waals surface area contributed by atoms with E-state index in [0.717, 1.165) is 25.5 Å². The fourth-order valence-corrected chi connectivity index (χ4v) is 4.00. The van der Waals surface area contributed by atoms with Gasteiger partial charge in [-0.2, -0.15) is 0 Å². The highest BCUT2D eigenvalue weighted by Gasteiger charge is 2.43. The Morgan fingerprint density at radius 2 is 1.92 bits per heavy atom. The molecule has 0 aromatic heterocycles. The molecule has 0 radical (unpaired) electrons. The van der Waals surface area contributed by atoms with Crippen LogP contribution in [-0.4, -0.2) is 44.3 Å². The third-order valence-corrected chi connectivity index (χ3v) is 6.25. The van der Waals surface area contributed by atoms with Gasteiger partial charge in [-0.1, -0.05) is 13.3 Å². The van der Waals surface area contributed by atoms with Crippen molar-refractivity contribution in [3.8, 4) is 5.75 Å². The number of carboxylic acid groups (broad SMARTS) is 1. The van der Waals surface area contributed by atoms with Gasteiger partial charge < -0.3 is 15.2 Å². The monoisotopic (exact) mass is 383 g/mol. The van der Waals surface area contributed by atoms with Crippen molar-refractivity contribution in [1.82, 2.24) is 5.32 Å². The lowest BCUT2D eigenvalue weighted by Crippen LogP contribution is -2.56. The number of sulfone groups is 1. The van der Waals surface area contributed by atoms with Gasteiger partial charge in [0.05, 0.1) is 17.6 Å². The van der Waals surface area contributed by atoms with Gasteiger partial charge in [0, 0.05) is 6.26 Å². The van der Waals surface area contributed by atoms with E-state index in [1.807, 2.05) is 0 Å². The van der Waals surface area contributed by atoms with Crippen molar-refractivity contribution >= 4 is 21.7 Å². The molecule has 1 aromatic rings. The molecule has 0 unspecified atom stereocenters. The lowest BCUT2D eigenvalue weighted by Gasteiger charge is -2.37. The molecule has 144 valence electrons. The van der Waals surface area contributed by atoms with Gasteiger partial charge in [-0.15, -0.1) is 0 Å². The van der Waals surface area contributed by atoms with Crippen molar-refractivity contribution in [3.05, 3.63) is 23.8 Å². The summed E-state index contributed by atoms with van der Waals surface area (Å²) in [4.78, 5) is 24.6. The number of benzene rings is 1. The van der Waals surface area contributed by atoms with E-state index in [0.29, 0.717) is 18.8 Å². The van der Waals surface area contributed by atoms with E-state index in [1.165, 1.54) is 25.3 Å². The third kappa shape index (κ3) is 4.17. The molecule has 1 fully saturated rings. The molecule has 1 aliphatic carbocycles. The fraction of sp³-hybridized carbons (Fsp3) is 0.556. The molecule has 2 N–H and O–H groups in total. The van der Waals surface area contributed by atoms with E-state index >= 15 is 0 Å². The lowest BCUT2D eigenvalue weighted by atomic mass is 9.75. The Kier molecular flexibility index (Phi) is 5.95. The topological polar surface area (TPSA) is 110 Å². The van der Waals surface area contributed by atoms with Gasteiger partial charge in [-0.3, -0.25) is 4.79 Å². The summed E-state index contributed by atoms with van der Waals surface area (Å²) >= 11 is 0. The first-order valence-corrected chi connectivity index (χ1v) is 10.5. The Bertz CT molecular complexity index is 794. The second kappa shape index (κ2) is 7.65. The average Bonchev–Trinajstić information content (AvgIpc) is 2.60. The molecule has 0 bridgehead atoms. The predicted octanol–water partition coefficient (Wildman–Crippen LogP) is 2.25. The number of carboxylic acids is 1. The number of methoxy groups -OCH3 is 1. The summed E-state index contributed by atoms with van der Waals surface area (Å²) < 4.78 is 28.7. The number of carbonyl (C=O) groups is 2. The number of aliphatic carboxylic acids is 1. The summed E-state index contributed by atoms with van der Waals surface area (Å²) in [7, 11) is -2.14. The number of nitrogens with one attached hydrogen (secondary N) is 1. The predicted molar refractivity (Wildman–Crippen MR) is 96.2 cm³/mol. The minimum absolute atomic E-state index is 0.00802. The van der Waals surface area contributed by atoms with Crippen LogP contribution in [0.2, 0.25) is 0 Å². The molecule has 8 heteroatoms. The van der Waals surface area contributed by atoms with Crippen molar-refractivity contribution in [2.24, 2.45) is 5.92 Å². The van der Waals surface area contributed by atoms with Crippen LogP contribution in [-0.2, 0) is 14.6 Å². The second-order valence-electron chi connectivity index (χ2n) is 6.83. The Labute approximate surface area is 153 Å². The number of hydrogen-bond acceptors (Lipinski definition) is 5. The van der Waals surface area contributed by atoms with Crippen LogP contribution in [0.1, 0.15) is 49.4 Å². The normalized spacial score (nSPS) is 23.3. The summed E-state index contributed by atoms with van der Waals surface area (Å²) in [5, 5.41) is 12.3. The zero-order chi connectivity index (χ0) is 19.5. The highest BCUT2D eigenvalue weighted by Crippen LogP contribution is 2.35. The SMILES string of the molecule is CCC1CCC(NC(=O)c2cc(S(C)(=O)=O)ccc2OC)(C(=O)O)CC1. The summed E-state index contributed by atoms with van der Waals surface area (Å²) in [6, 6.07) is 3.97. The standard InChI is InChI=1S/C18H25NO6S/c1-4-12-7-9-18(10-8-12,17(21)22)19-16(20)14-11-13(26(3,23)24)5-6-15(14)25-2/h5-6,11-12H,4,7-10H2,1-3H3,(H,19,20)(H,21,22). The van der Waals surface area contributed by atoms with Crippen LogP contribution in [0.15, 0.2) is 23.1 Å². The van der Waals surface area contributed by atoms with Gasteiger partial charge >= 0.3 is 5.97 Å².